The van der Waals surface area contributed by atoms with E-state index in [1.54, 1.807) is 0 Å². The minimum Gasteiger partial charge on any atom is -0.397 e. The van der Waals surface area contributed by atoms with Crippen LogP contribution in [-0.2, 0) is 4.79 Å². The number of benzene rings is 1. The van der Waals surface area contributed by atoms with Gasteiger partial charge in [0.15, 0.2) is 0 Å². The molecule has 1 aromatic rings. The van der Waals surface area contributed by atoms with Crippen LogP contribution in [0.3, 0.4) is 0 Å². The zero-order valence-corrected chi connectivity index (χ0v) is 12.4. The quantitative estimate of drug-likeness (QED) is 0.572. The van der Waals surface area contributed by atoms with Crippen LogP contribution in [-0.4, -0.2) is 5.91 Å². The monoisotopic (exact) mass is 262 g/mol. The van der Waals surface area contributed by atoms with Crippen LogP contribution in [0.4, 0.5) is 11.4 Å². The molecule has 106 valence electrons. The summed E-state index contributed by atoms with van der Waals surface area (Å²) in [5, 5.41) is 2.91. The topological polar surface area (TPSA) is 55.1 Å². The Morgan fingerprint density at radius 3 is 2.42 bits per heavy atom. The predicted molar refractivity (Wildman–Crippen MR) is 82.3 cm³/mol. The Morgan fingerprint density at radius 1 is 1.11 bits per heavy atom. The Balaban J connectivity index is 2.42. The van der Waals surface area contributed by atoms with Crippen molar-refractivity contribution in [2.45, 2.75) is 59.3 Å². The summed E-state index contributed by atoms with van der Waals surface area (Å²) in [6.07, 6.45) is 6.36. The number of carbonyl (C=O) groups excluding carboxylic acids is 1. The van der Waals surface area contributed by atoms with Crippen LogP contribution in [0.15, 0.2) is 12.1 Å². The Morgan fingerprint density at radius 2 is 1.74 bits per heavy atom. The minimum atomic E-state index is 0.0615. The van der Waals surface area contributed by atoms with E-state index in [4.69, 9.17) is 5.73 Å². The number of hydrogen-bond acceptors (Lipinski definition) is 2. The van der Waals surface area contributed by atoms with E-state index in [0.29, 0.717) is 12.1 Å². The molecule has 19 heavy (non-hydrogen) atoms. The average molecular weight is 262 g/mol. The van der Waals surface area contributed by atoms with Gasteiger partial charge in [-0.2, -0.15) is 0 Å². The first-order valence-corrected chi connectivity index (χ1v) is 7.21. The first kappa shape index (κ1) is 15.5. The summed E-state index contributed by atoms with van der Waals surface area (Å²) in [7, 11) is 0. The number of aryl methyl sites for hydroxylation is 2. The second kappa shape index (κ2) is 7.82. The van der Waals surface area contributed by atoms with Gasteiger partial charge in [0, 0.05) is 6.42 Å². The van der Waals surface area contributed by atoms with Crippen molar-refractivity contribution in [1.82, 2.24) is 0 Å². The average Bonchev–Trinajstić information content (AvgIpc) is 2.35. The third-order valence-electron chi connectivity index (χ3n) is 3.45. The fourth-order valence-corrected chi connectivity index (χ4v) is 2.05. The molecule has 1 amide bonds. The Bertz CT molecular complexity index is 427. The second-order valence-corrected chi connectivity index (χ2v) is 5.24. The van der Waals surface area contributed by atoms with Crippen LogP contribution in [0.5, 0.6) is 0 Å². The number of unbranched alkanes of at least 4 members (excludes halogenated alkanes) is 4. The van der Waals surface area contributed by atoms with Crippen LogP contribution in [0.2, 0.25) is 0 Å². The Labute approximate surface area is 116 Å². The molecule has 1 aromatic carbocycles. The van der Waals surface area contributed by atoms with E-state index in [0.717, 1.165) is 29.7 Å². The molecule has 0 aliphatic carbocycles. The molecule has 0 aliphatic rings. The highest BCUT2D eigenvalue weighted by molar-refractivity contribution is 5.94. The standard InChI is InChI=1S/C16H26N2O/c1-4-5-6-7-8-9-16(19)18-15-11-13(3)12(2)10-14(15)17/h10-11H,4-9,17H2,1-3H3,(H,18,19). The number of nitrogen functional groups attached to an aromatic ring is 1. The maximum absolute atomic E-state index is 11.8. The van der Waals surface area contributed by atoms with Gasteiger partial charge >= 0.3 is 0 Å². The van der Waals surface area contributed by atoms with Crippen LogP contribution in [0.25, 0.3) is 0 Å². The summed E-state index contributed by atoms with van der Waals surface area (Å²) in [5.41, 5.74) is 9.59. The highest BCUT2D eigenvalue weighted by atomic mass is 16.1. The van der Waals surface area contributed by atoms with Gasteiger partial charge in [-0.25, -0.2) is 0 Å². The molecule has 3 N–H and O–H groups in total. The van der Waals surface area contributed by atoms with E-state index in [-0.39, 0.29) is 5.91 Å². The second-order valence-electron chi connectivity index (χ2n) is 5.24. The molecule has 0 atom stereocenters. The number of hydrogen-bond donors (Lipinski definition) is 2. The maximum Gasteiger partial charge on any atom is 0.224 e. The number of anilines is 2. The van der Waals surface area contributed by atoms with Crippen molar-refractivity contribution in [3.05, 3.63) is 23.3 Å². The smallest absolute Gasteiger partial charge is 0.224 e. The summed E-state index contributed by atoms with van der Waals surface area (Å²) >= 11 is 0. The molecule has 0 aromatic heterocycles. The van der Waals surface area contributed by atoms with Crippen molar-refractivity contribution in [2.24, 2.45) is 0 Å². The Hall–Kier alpha value is -1.51. The summed E-state index contributed by atoms with van der Waals surface area (Å²) < 4.78 is 0. The van der Waals surface area contributed by atoms with Crippen molar-refractivity contribution in [3.63, 3.8) is 0 Å². The van der Waals surface area contributed by atoms with E-state index >= 15 is 0 Å². The zero-order valence-electron chi connectivity index (χ0n) is 12.4. The highest BCUT2D eigenvalue weighted by Gasteiger charge is 2.06. The van der Waals surface area contributed by atoms with Gasteiger partial charge in [0.05, 0.1) is 11.4 Å². The van der Waals surface area contributed by atoms with E-state index in [2.05, 4.69) is 12.2 Å². The van der Waals surface area contributed by atoms with Gasteiger partial charge in [-0.15, -0.1) is 0 Å². The van der Waals surface area contributed by atoms with E-state index in [9.17, 15) is 4.79 Å². The number of rotatable bonds is 7. The maximum atomic E-state index is 11.8. The van der Waals surface area contributed by atoms with Crippen LogP contribution in [0, 0.1) is 13.8 Å². The summed E-state index contributed by atoms with van der Waals surface area (Å²) in [6.45, 7) is 6.23. The van der Waals surface area contributed by atoms with Gasteiger partial charge in [0.2, 0.25) is 5.91 Å². The molecule has 3 nitrogen and oxygen atoms in total. The van der Waals surface area contributed by atoms with Crippen molar-refractivity contribution < 1.29 is 4.79 Å². The van der Waals surface area contributed by atoms with Crippen molar-refractivity contribution in [2.75, 3.05) is 11.1 Å². The predicted octanol–water partition coefficient (Wildman–Crippen LogP) is 4.18. The lowest BCUT2D eigenvalue weighted by atomic mass is 10.1. The first-order valence-electron chi connectivity index (χ1n) is 7.21. The lowest BCUT2D eigenvalue weighted by molar-refractivity contribution is -0.116. The van der Waals surface area contributed by atoms with Gasteiger partial charge in [0.1, 0.15) is 0 Å². The van der Waals surface area contributed by atoms with E-state index < -0.39 is 0 Å². The zero-order chi connectivity index (χ0) is 14.3. The molecule has 0 radical (unpaired) electrons. The van der Waals surface area contributed by atoms with Gasteiger partial charge in [0.25, 0.3) is 0 Å². The molecule has 3 heteroatoms. The molecule has 0 heterocycles. The molecule has 0 saturated carbocycles. The van der Waals surface area contributed by atoms with E-state index in [1.165, 1.54) is 19.3 Å². The number of carbonyl (C=O) groups is 1. The fourth-order valence-electron chi connectivity index (χ4n) is 2.05. The molecule has 0 bridgehead atoms. The highest BCUT2D eigenvalue weighted by Crippen LogP contribution is 2.23. The van der Waals surface area contributed by atoms with Gasteiger partial charge in [-0.05, 0) is 43.5 Å². The summed E-state index contributed by atoms with van der Waals surface area (Å²) in [6, 6.07) is 3.85. The van der Waals surface area contributed by atoms with Crippen molar-refractivity contribution in [1.29, 1.82) is 0 Å². The lowest BCUT2D eigenvalue weighted by Gasteiger charge is -2.11. The fraction of sp³-hybridized carbons (Fsp3) is 0.562. The number of amides is 1. The summed E-state index contributed by atoms with van der Waals surface area (Å²) in [4.78, 5) is 11.8. The molecule has 0 aliphatic heterocycles. The lowest BCUT2D eigenvalue weighted by Crippen LogP contribution is -2.13. The van der Waals surface area contributed by atoms with E-state index in [1.807, 2.05) is 26.0 Å². The van der Waals surface area contributed by atoms with Crippen molar-refractivity contribution >= 4 is 17.3 Å². The molecular formula is C16H26N2O. The molecule has 0 fully saturated rings. The third-order valence-corrected chi connectivity index (χ3v) is 3.45. The van der Waals surface area contributed by atoms with Crippen LogP contribution in [0.1, 0.15) is 56.6 Å². The minimum absolute atomic E-state index is 0.0615. The first-order chi connectivity index (χ1) is 9.04. The van der Waals surface area contributed by atoms with Crippen LogP contribution < -0.4 is 11.1 Å². The number of nitrogens with one attached hydrogen (secondary N) is 1. The normalized spacial score (nSPS) is 10.5. The van der Waals surface area contributed by atoms with Gasteiger partial charge in [-0.3, -0.25) is 4.79 Å². The SMILES string of the molecule is CCCCCCCC(=O)Nc1cc(C)c(C)cc1N. The van der Waals surface area contributed by atoms with Crippen LogP contribution >= 0.6 is 0 Å². The largest absolute Gasteiger partial charge is 0.397 e. The third kappa shape index (κ3) is 5.33. The molecule has 0 unspecified atom stereocenters. The van der Waals surface area contributed by atoms with Gasteiger partial charge < -0.3 is 11.1 Å². The molecule has 0 saturated heterocycles. The summed E-state index contributed by atoms with van der Waals surface area (Å²) in [5.74, 6) is 0.0615. The molecule has 1 rings (SSSR count). The number of nitrogens with two attached hydrogens (primary N) is 1. The molecular weight excluding hydrogens is 236 g/mol. The van der Waals surface area contributed by atoms with Gasteiger partial charge in [-0.1, -0.05) is 32.6 Å². The Kier molecular flexibility index (Phi) is 6.40. The van der Waals surface area contributed by atoms with Crippen molar-refractivity contribution in [3.8, 4) is 0 Å². The molecule has 0 spiro atoms.